The standard InChI is InChI=1S/C13H27NS/c1-7-10(13(5,6)14)9-11(15)12(3,4)8-2/h9,11,15H,7-8,14H2,1-6H3. The molecule has 0 saturated heterocycles. The molecule has 0 heterocycles. The molecule has 0 bridgehead atoms. The predicted molar refractivity (Wildman–Crippen MR) is 73.5 cm³/mol. The summed E-state index contributed by atoms with van der Waals surface area (Å²) in [7, 11) is 0. The highest BCUT2D eigenvalue weighted by atomic mass is 32.1. The van der Waals surface area contributed by atoms with Crippen molar-refractivity contribution in [2.75, 3.05) is 0 Å². The number of nitrogens with two attached hydrogens (primary N) is 1. The van der Waals surface area contributed by atoms with E-state index in [-0.39, 0.29) is 16.2 Å². The third-order valence-electron chi connectivity index (χ3n) is 3.28. The lowest BCUT2D eigenvalue weighted by atomic mass is 9.82. The second-order valence-corrected chi connectivity index (χ2v) is 6.11. The smallest absolute Gasteiger partial charge is 0.0311 e. The van der Waals surface area contributed by atoms with Crippen molar-refractivity contribution in [3.8, 4) is 0 Å². The number of hydrogen-bond donors (Lipinski definition) is 2. The molecule has 0 amide bonds. The van der Waals surface area contributed by atoms with E-state index in [4.69, 9.17) is 5.73 Å². The van der Waals surface area contributed by atoms with Crippen LogP contribution in [0.25, 0.3) is 0 Å². The van der Waals surface area contributed by atoms with Crippen molar-refractivity contribution >= 4 is 12.6 Å². The monoisotopic (exact) mass is 229 g/mol. The van der Waals surface area contributed by atoms with Gasteiger partial charge in [-0.1, -0.05) is 39.3 Å². The van der Waals surface area contributed by atoms with Gasteiger partial charge in [0.1, 0.15) is 0 Å². The van der Waals surface area contributed by atoms with Gasteiger partial charge >= 0.3 is 0 Å². The van der Waals surface area contributed by atoms with Crippen LogP contribution in [0.1, 0.15) is 54.4 Å². The van der Waals surface area contributed by atoms with Crippen molar-refractivity contribution in [2.24, 2.45) is 11.1 Å². The Kier molecular flexibility index (Phi) is 5.42. The molecule has 0 rings (SSSR count). The average Bonchev–Trinajstić information content (AvgIpc) is 2.11. The van der Waals surface area contributed by atoms with E-state index in [0.29, 0.717) is 0 Å². The second-order valence-electron chi connectivity index (χ2n) is 5.55. The van der Waals surface area contributed by atoms with Gasteiger partial charge in [-0.25, -0.2) is 0 Å². The van der Waals surface area contributed by atoms with E-state index in [0.717, 1.165) is 12.8 Å². The van der Waals surface area contributed by atoms with Crippen LogP contribution in [0.2, 0.25) is 0 Å². The van der Waals surface area contributed by atoms with Crippen LogP contribution >= 0.6 is 12.6 Å². The van der Waals surface area contributed by atoms with Crippen LogP contribution in [-0.4, -0.2) is 10.8 Å². The minimum atomic E-state index is -0.223. The first-order valence-corrected chi connectivity index (χ1v) is 6.35. The summed E-state index contributed by atoms with van der Waals surface area (Å²) in [4.78, 5) is 0. The minimum absolute atomic E-state index is 0.223. The first-order chi connectivity index (χ1) is 6.65. The van der Waals surface area contributed by atoms with Crippen molar-refractivity contribution < 1.29 is 0 Å². The maximum absolute atomic E-state index is 6.12. The Hall–Kier alpha value is 0.0500. The molecule has 0 aromatic carbocycles. The van der Waals surface area contributed by atoms with Crippen LogP contribution in [0.15, 0.2) is 11.6 Å². The zero-order valence-corrected chi connectivity index (χ0v) is 12.0. The lowest BCUT2D eigenvalue weighted by Crippen LogP contribution is -2.35. The van der Waals surface area contributed by atoms with Gasteiger partial charge in [0.05, 0.1) is 0 Å². The van der Waals surface area contributed by atoms with Crippen molar-refractivity contribution in [3.05, 3.63) is 11.6 Å². The van der Waals surface area contributed by atoms with Crippen LogP contribution < -0.4 is 5.73 Å². The first-order valence-electron chi connectivity index (χ1n) is 5.83. The minimum Gasteiger partial charge on any atom is -0.322 e. The molecule has 1 unspecified atom stereocenters. The molecule has 15 heavy (non-hydrogen) atoms. The summed E-state index contributed by atoms with van der Waals surface area (Å²) in [5.74, 6) is 0. The van der Waals surface area contributed by atoms with Gasteiger partial charge in [0.25, 0.3) is 0 Å². The van der Waals surface area contributed by atoms with Gasteiger partial charge in [0, 0.05) is 10.8 Å². The molecule has 0 aromatic heterocycles. The Labute approximate surface area is 101 Å². The average molecular weight is 229 g/mol. The van der Waals surface area contributed by atoms with E-state index in [9.17, 15) is 0 Å². The fourth-order valence-electron chi connectivity index (χ4n) is 1.41. The Morgan fingerprint density at radius 3 is 2.00 bits per heavy atom. The molecule has 0 saturated carbocycles. The SMILES string of the molecule is CCC(=CC(S)C(C)(C)CC)C(C)(C)N. The van der Waals surface area contributed by atoms with Crippen molar-refractivity contribution in [3.63, 3.8) is 0 Å². The summed E-state index contributed by atoms with van der Waals surface area (Å²) < 4.78 is 0. The molecule has 1 atom stereocenters. The third-order valence-corrected chi connectivity index (χ3v) is 4.13. The second kappa shape index (κ2) is 5.40. The number of thiol groups is 1. The molecule has 0 aliphatic rings. The molecule has 0 fully saturated rings. The molecule has 0 spiro atoms. The van der Waals surface area contributed by atoms with Crippen molar-refractivity contribution in [1.29, 1.82) is 0 Å². The summed E-state index contributed by atoms with van der Waals surface area (Å²) in [6.07, 6.45) is 4.37. The van der Waals surface area contributed by atoms with Crippen LogP contribution in [0.3, 0.4) is 0 Å². The Morgan fingerprint density at radius 1 is 1.27 bits per heavy atom. The number of rotatable bonds is 5. The Bertz CT molecular complexity index is 223. The van der Waals surface area contributed by atoms with E-state index in [1.165, 1.54) is 5.57 Å². The van der Waals surface area contributed by atoms with Crippen LogP contribution in [0.5, 0.6) is 0 Å². The van der Waals surface area contributed by atoms with Gasteiger partial charge < -0.3 is 5.73 Å². The molecule has 2 N–H and O–H groups in total. The summed E-state index contributed by atoms with van der Waals surface area (Å²) in [5.41, 5.74) is 7.42. The Morgan fingerprint density at radius 2 is 1.73 bits per heavy atom. The summed E-state index contributed by atoms with van der Waals surface area (Å²) in [6.45, 7) is 13.0. The van der Waals surface area contributed by atoms with Crippen LogP contribution in [-0.2, 0) is 0 Å². The highest BCUT2D eigenvalue weighted by Gasteiger charge is 2.25. The van der Waals surface area contributed by atoms with Crippen molar-refractivity contribution in [1.82, 2.24) is 0 Å². The Balaban J connectivity index is 4.86. The summed E-state index contributed by atoms with van der Waals surface area (Å²) >= 11 is 4.68. The molecule has 1 nitrogen and oxygen atoms in total. The maximum atomic E-state index is 6.12. The fraction of sp³-hybridized carbons (Fsp3) is 0.846. The lowest BCUT2D eigenvalue weighted by molar-refractivity contribution is 0.366. The lowest BCUT2D eigenvalue weighted by Gasteiger charge is -2.31. The molecular formula is C13H27NS. The molecule has 90 valence electrons. The van der Waals surface area contributed by atoms with Gasteiger partial charge in [-0.2, -0.15) is 12.6 Å². The first kappa shape index (κ1) is 15.0. The normalized spacial score (nSPS) is 16.7. The predicted octanol–water partition coefficient (Wildman–Crippen LogP) is 3.79. The van der Waals surface area contributed by atoms with E-state index in [1.54, 1.807) is 0 Å². The quantitative estimate of drug-likeness (QED) is 0.544. The molecular weight excluding hydrogens is 202 g/mol. The molecule has 0 radical (unpaired) electrons. The molecule has 0 aromatic rings. The zero-order valence-electron chi connectivity index (χ0n) is 11.1. The highest BCUT2D eigenvalue weighted by Crippen LogP contribution is 2.32. The van der Waals surface area contributed by atoms with E-state index in [2.05, 4.69) is 60.2 Å². The number of hydrogen-bond acceptors (Lipinski definition) is 2. The van der Waals surface area contributed by atoms with E-state index in [1.807, 2.05) is 0 Å². The topological polar surface area (TPSA) is 26.0 Å². The van der Waals surface area contributed by atoms with Gasteiger partial charge in [-0.3, -0.25) is 0 Å². The van der Waals surface area contributed by atoms with Crippen LogP contribution in [0.4, 0.5) is 0 Å². The van der Waals surface area contributed by atoms with Gasteiger partial charge in [0.15, 0.2) is 0 Å². The molecule has 0 aliphatic heterocycles. The molecule has 2 heteroatoms. The van der Waals surface area contributed by atoms with Crippen molar-refractivity contribution in [2.45, 2.75) is 65.2 Å². The highest BCUT2D eigenvalue weighted by molar-refractivity contribution is 7.81. The fourth-order valence-corrected chi connectivity index (χ4v) is 1.78. The third kappa shape index (κ3) is 4.60. The molecule has 0 aliphatic carbocycles. The largest absolute Gasteiger partial charge is 0.322 e. The zero-order chi connectivity index (χ0) is 12.3. The maximum Gasteiger partial charge on any atom is 0.0311 e. The van der Waals surface area contributed by atoms with Crippen LogP contribution in [0, 0.1) is 5.41 Å². The van der Waals surface area contributed by atoms with Gasteiger partial charge in [0.2, 0.25) is 0 Å². The van der Waals surface area contributed by atoms with E-state index < -0.39 is 0 Å². The van der Waals surface area contributed by atoms with Gasteiger partial charge in [-0.15, -0.1) is 0 Å². The summed E-state index contributed by atoms with van der Waals surface area (Å²) in [5, 5.41) is 0.278. The van der Waals surface area contributed by atoms with E-state index >= 15 is 0 Å². The van der Waals surface area contributed by atoms with Gasteiger partial charge in [-0.05, 0) is 32.1 Å². The summed E-state index contributed by atoms with van der Waals surface area (Å²) in [6, 6.07) is 0.